The molecule has 0 amide bonds. The van der Waals surface area contributed by atoms with Crippen molar-refractivity contribution in [1.29, 1.82) is 0 Å². The van der Waals surface area contributed by atoms with Crippen LogP contribution in [0.2, 0.25) is 0 Å². The summed E-state index contributed by atoms with van der Waals surface area (Å²) >= 11 is 0. The lowest BCUT2D eigenvalue weighted by atomic mass is 10.1. The van der Waals surface area contributed by atoms with E-state index in [0.29, 0.717) is 25.1 Å². The molecule has 0 atom stereocenters. The van der Waals surface area contributed by atoms with Crippen molar-refractivity contribution in [1.82, 2.24) is 10.2 Å². The molecule has 5 heteroatoms. The van der Waals surface area contributed by atoms with Gasteiger partial charge in [0, 0.05) is 13.7 Å². The zero-order valence-corrected chi connectivity index (χ0v) is 10.9. The van der Waals surface area contributed by atoms with Gasteiger partial charge in [-0.05, 0) is 25.0 Å². The molecule has 5 nitrogen and oxygen atoms in total. The van der Waals surface area contributed by atoms with Crippen LogP contribution in [0.1, 0.15) is 22.6 Å². The van der Waals surface area contributed by atoms with Crippen LogP contribution in [0.25, 0.3) is 0 Å². The molecule has 0 aliphatic heterocycles. The molecule has 0 bridgehead atoms. The number of rotatable bonds is 5. The minimum atomic E-state index is 0.332. The molecule has 0 aliphatic carbocycles. The number of aryl methyl sites for hydroxylation is 2. The number of benzene rings is 1. The van der Waals surface area contributed by atoms with Crippen LogP contribution < -0.4 is 5.32 Å². The second-order valence-electron chi connectivity index (χ2n) is 4.22. The van der Waals surface area contributed by atoms with E-state index in [0.717, 1.165) is 0 Å². The molecule has 1 aromatic carbocycles. The highest BCUT2D eigenvalue weighted by atomic mass is 16.5. The van der Waals surface area contributed by atoms with E-state index in [4.69, 9.17) is 9.15 Å². The van der Waals surface area contributed by atoms with E-state index in [1.165, 1.54) is 16.7 Å². The fraction of sp³-hybridized carbons (Fsp3) is 0.385. The van der Waals surface area contributed by atoms with Crippen LogP contribution >= 0.6 is 0 Å². The van der Waals surface area contributed by atoms with Crippen LogP contribution in [-0.2, 0) is 17.9 Å². The molecule has 0 saturated heterocycles. The highest BCUT2D eigenvalue weighted by Gasteiger charge is 2.05. The summed E-state index contributed by atoms with van der Waals surface area (Å²) in [6.07, 6.45) is 0. The maximum absolute atomic E-state index is 5.36. The van der Waals surface area contributed by atoms with Gasteiger partial charge in [0.25, 0.3) is 0 Å². The highest BCUT2D eigenvalue weighted by Crippen LogP contribution is 2.13. The second-order valence-corrected chi connectivity index (χ2v) is 4.22. The van der Waals surface area contributed by atoms with Gasteiger partial charge in [-0.15, -0.1) is 5.10 Å². The van der Waals surface area contributed by atoms with Gasteiger partial charge < -0.3 is 14.5 Å². The summed E-state index contributed by atoms with van der Waals surface area (Å²) in [4.78, 5) is 0. The Morgan fingerprint density at radius 2 is 2.11 bits per heavy atom. The first-order chi connectivity index (χ1) is 8.69. The van der Waals surface area contributed by atoms with Crippen LogP contribution in [0.4, 0.5) is 6.01 Å². The Balaban J connectivity index is 1.99. The highest BCUT2D eigenvalue weighted by molar-refractivity contribution is 5.33. The van der Waals surface area contributed by atoms with Gasteiger partial charge in [-0.3, -0.25) is 0 Å². The first-order valence-corrected chi connectivity index (χ1v) is 5.80. The lowest BCUT2D eigenvalue weighted by Gasteiger charge is -2.06. The van der Waals surface area contributed by atoms with Crippen molar-refractivity contribution in [2.45, 2.75) is 27.0 Å². The number of nitrogens with one attached hydrogen (secondary N) is 1. The van der Waals surface area contributed by atoms with Crippen molar-refractivity contribution < 1.29 is 9.15 Å². The van der Waals surface area contributed by atoms with Gasteiger partial charge in [-0.25, -0.2) is 0 Å². The zero-order valence-electron chi connectivity index (χ0n) is 10.9. The monoisotopic (exact) mass is 247 g/mol. The van der Waals surface area contributed by atoms with E-state index in [9.17, 15) is 0 Å². The standard InChI is InChI=1S/C13H17N3O2/c1-9-4-5-10(2)11(6-9)7-14-13-16-15-12(18-13)8-17-3/h4-6H,7-8H2,1-3H3,(H,14,16). The first-order valence-electron chi connectivity index (χ1n) is 5.80. The van der Waals surface area contributed by atoms with E-state index in [2.05, 4.69) is 47.6 Å². The topological polar surface area (TPSA) is 60.2 Å². The minimum Gasteiger partial charge on any atom is -0.406 e. The number of hydrogen-bond acceptors (Lipinski definition) is 5. The van der Waals surface area contributed by atoms with Crippen LogP contribution in [0, 0.1) is 13.8 Å². The molecule has 0 fully saturated rings. The van der Waals surface area contributed by atoms with Crippen molar-refractivity contribution in [2.75, 3.05) is 12.4 Å². The normalized spacial score (nSPS) is 10.6. The molecule has 2 aromatic rings. The predicted molar refractivity (Wildman–Crippen MR) is 68.3 cm³/mol. The Hall–Kier alpha value is -1.88. The van der Waals surface area contributed by atoms with Gasteiger partial charge in [-0.1, -0.05) is 28.9 Å². The molecular formula is C13H17N3O2. The van der Waals surface area contributed by atoms with Crippen LogP contribution in [0.3, 0.4) is 0 Å². The molecule has 0 aliphatic rings. The Kier molecular flexibility index (Phi) is 3.94. The maximum Gasteiger partial charge on any atom is 0.315 e. The van der Waals surface area contributed by atoms with E-state index in [1.807, 2.05) is 0 Å². The van der Waals surface area contributed by atoms with E-state index < -0.39 is 0 Å². The van der Waals surface area contributed by atoms with E-state index in [1.54, 1.807) is 7.11 Å². The average molecular weight is 247 g/mol. The van der Waals surface area contributed by atoms with Gasteiger partial charge in [0.05, 0.1) is 0 Å². The molecule has 1 N–H and O–H groups in total. The fourth-order valence-electron chi connectivity index (χ4n) is 1.67. The molecule has 1 heterocycles. The molecule has 0 radical (unpaired) electrons. The van der Waals surface area contributed by atoms with Crippen molar-refractivity contribution in [2.24, 2.45) is 0 Å². The third-order valence-electron chi connectivity index (χ3n) is 2.67. The number of nitrogens with zero attached hydrogens (tertiary/aromatic N) is 2. The molecular weight excluding hydrogens is 230 g/mol. The van der Waals surface area contributed by atoms with Gasteiger partial charge in [0.1, 0.15) is 6.61 Å². The summed E-state index contributed by atoms with van der Waals surface area (Å²) in [6, 6.07) is 6.77. The molecule has 0 spiro atoms. The number of ether oxygens (including phenoxy) is 1. The summed E-state index contributed by atoms with van der Waals surface area (Å²) in [5.41, 5.74) is 3.70. The van der Waals surface area contributed by atoms with Crippen molar-refractivity contribution in [3.05, 3.63) is 40.8 Å². The number of aromatic nitrogens is 2. The Labute approximate surface area is 106 Å². The maximum atomic E-state index is 5.36. The Morgan fingerprint density at radius 1 is 1.28 bits per heavy atom. The van der Waals surface area contributed by atoms with E-state index >= 15 is 0 Å². The molecule has 0 unspecified atom stereocenters. The smallest absolute Gasteiger partial charge is 0.315 e. The van der Waals surface area contributed by atoms with E-state index in [-0.39, 0.29) is 0 Å². The molecule has 0 saturated carbocycles. The van der Waals surface area contributed by atoms with Crippen molar-refractivity contribution >= 4 is 6.01 Å². The largest absolute Gasteiger partial charge is 0.406 e. The van der Waals surface area contributed by atoms with Gasteiger partial charge in [-0.2, -0.15) is 0 Å². The average Bonchev–Trinajstić information content (AvgIpc) is 2.79. The Bertz CT molecular complexity index is 523. The lowest BCUT2D eigenvalue weighted by molar-refractivity contribution is 0.160. The van der Waals surface area contributed by atoms with Gasteiger partial charge in [0.15, 0.2) is 0 Å². The predicted octanol–water partition coefficient (Wildman–Crippen LogP) is 2.44. The molecule has 1 aromatic heterocycles. The minimum absolute atomic E-state index is 0.332. The SMILES string of the molecule is COCc1nnc(NCc2cc(C)ccc2C)o1. The summed E-state index contributed by atoms with van der Waals surface area (Å²) in [6.45, 7) is 5.16. The number of anilines is 1. The van der Waals surface area contributed by atoms with Crippen molar-refractivity contribution in [3.8, 4) is 0 Å². The molecule has 18 heavy (non-hydrogen) atoms. The van der Waals surface area contributed by atoms with Gasteiger partial charge in [0.2, 0.25) is 5.89 Å². The van der Waals surface area contributed by atoms with Crippen LogP contribution in [0.5, 0.6) is 0 Å². The zero-order chi connectivity index (χ0) is 13.0. The molecule has 96 valence electrons. The number of hydrogen-bond donors (Lipinski definition) is 1. The fourth-order valence-corrected chi connectivity index (χ4v) is 1.67. The summed E-state index contributed by atoms with van der Waals surface area (Å²) in [5, 5.41) is 10.9. The second kappa shape index (κ2) is 5.64. The number of methoxy groups -OCH3 is 1. The van der Waals surface area contributed by atoms with Crippen LogP contribution in [0.15, 0.2) is 22.6 Å². The van der Waals surface area contributed by atoms with Crippen molar-refractivity contribution in [3.63, 3.8) is 0 Å². The molecule has 2 rings (SSSR count). The third kappa shape index (κ3) is 3.07. The third-order valence-corrected chi connectivity index (χ3v) is 2.67. The first kappa shape index (κ1) is 12.6. The van der Waals surface area contributed by atoms with Crippen LogP contribution in [-0.4, -0.2) is 17.3 Å². The lowest BCUT2D eigenvalue weighted by Crippen LogP contribution is -2.01. The van der Waals surface area contributed by atoms with Gasteiger partial charge >= 0.3 is 6.01 Å². The summed E-state index contributed by atoms with van der Waals surface area (Å²) in [5.74, 6) is 0.473. The summed E-state index contributed by atoms with van der Waals surface area (Å²) < 4.78 is 10.3. The summed E-state index contributed by atoms with van der Waals surface area (Å²) in [7, 11) is 1.59. The quantitative estimate of drug-likeness (QED) is 0.879. The Morgan fingerprint density at radius 3 is 2.89 bits per heavy atom.